The third kappa shape index (κ3) is 4.23. The predicted octanol–water partition coefficient (Wildman–Crippen LogP) is 5.89. The van der Waals surface area contributed by atoms with E-state index in [0.29, 0.717) is 5.57 Å². The van der Waals surface area contributed by atoms with Gasteiger partial charge in [-0.15, -0.1) is 0 Å². The molecular formula is C22H22BrN2O4P. The number of nitriles is 1. The molecule has 2 aromatic rings. The van der Waals surface area contributed by atoms with Crippen LogP contribution < -0.4 is 5.73 Å². The molecule has 0 saturated carbocycles. The third-order valence-corrected chi connectivity index (χ3v) is 7.30. The van der Waals surface area contributed by atoms with E-state index in [2.05, 4.69) is 22.0 Å². The van der Waals surface area contributed by atoms with E-state index in [9.17, 15) is 9.83 Å². The Morgan fingerprint density at radius 3 is 2.27 bits per heavy atom. The lowest BCUT2D eigenvalue weighted by Gasteiger charge is -2.32. The number of allylic oxidation sites excluding steroid dienone is 2. The van der Waals surface area contributed by atoms with E-state index in [1.54, 1.807) is 13.8 Å². The van der Waals surface area contributed by atoms with Crippen molar-refractivity contribution in [2.75, 3.05) is 13.2 Å². The fourth-order valence-corrected chi connectivity index (χ4v) is 5.64. The van der Waals surface area contributed by atoms with Gasteiger partial charge in [0.25, 0.3) is 0 Å². The number of ether oxygens (including phenoxy) is 1. The molecule has 2 aromatic carbocycles. The second-order valence-corrected chi connectivity index (χ2v) is 9.14. The SMILES string of the molecule is CCOP(=O)(OCC)C1=C(c2ccccc2)C(c2ccccc2Br)C(C#N)=C(N)O1. The van der Waals surface area contributed by atoms with E-state index in [1.165, 1.54) is 0 Å². The summed E-state index contributed by atoms with van der Waals surface area (Å²) in [6, 6.07) is 19.0. The third-order valence-electron chi connectivity index (χ3n) is 4.55. The van der Waals surface area contributed by atoms with E-state index in [0.717, 1.165) is 15.6 Å². The maximum absolute atomic E-state index is 13.8. The number of hydrogen-bond acceptors (Lipinski definition) is 6. The average Bonchev–Trinajstić information content (AvgIpc) is 2.74. The molecule has 0 radical (unpaired) electrons. The summed E-state index contributed by atoms with van der Waals surface area (Å²) >= 11 is 3.57. The van der Waals surface area contributed by atoms with E-state index in [4.69, 9.17) is 19.5 Å². The first kappa shape index (κ1) is 22.3. The number of rotatable bonds is 7. The zero-order chi connectivity index (χ0) is 21.7. The van der Waals surface area contributed by atoms with Gasteiger partial charge >= 0.3 is 7.60 Å². The highest BCUT2D eigenvalue weighted by atomic mass is 79.9. The molecule has 30 heavy (non-hydrogen) atoms. The van der Waals surface area contributed by atoms with Crippen LogP contribution in [0, 0.1) is 11.3 Å². The predicted molar refractivity (Wildman–Crippen MR) is 119 cm³/mol. The van der Waals surface area contributed by atoms with Crippen LogP contribution in [-0.4, -0.2) is 13.2 Å². The molecule has 8 heteroatoms. The number of benzene rings is 2. The number of hydrogen-bond donors (Lipinski definition) is 1. The lowest BCUT2D eigenvalue weighted by molar-refractivity contribution is 0.199. The molecule has 156 valence electrons. The Kier molecular flexibility index (Phi) is 7.17. The van der Waals surface area contributed by atoms with Crippen molar-refractivity contribution in [2.24, 2.45) is 5.73 Å². The Bertz CT molecular complexity index is 1070. The van der Waals surface area contributed by atoms with Gasteiger partial charge in [0.2, 0.25) is 11.4 Å². The number of nitrogens with zero attached hydrogens (tertiary/aromatic N) is 1. The number of nitrogens with two attached hydrogens (primary N) is 1. The molecule has 1 heterocycles. The summed E-state index contributed by atoms with van der Waals surface area (Å²) in [6.45, 7) is 3.76. The molecule has 1 atom stereocenters. The van der Waals surface area contributed by atoms with Crippen LogP contribution >= 0.6 is 23.5 Å². The van der Waals surface area contributed by atoms with Crippen LogP contribution in [0.25, 0.3) is 5.57 Å². The molecule has 0 amide bonds. The molecule has 0 fully saturated rings. The van der Waals surface area contributed by atoms with Gasteiger partial charge in [-0.2, -0.15) is 5.26 Å². The van der Waals surface area contributed by atoms with Crippen molar-refractivity contribution in [1.82, 2.24) is 0 Å². The van der Waals surface area contributed by atoms with E-state index in [-0.39, 0.29) is 30.2 Å². The zero-order valence-corrected chi connectivity index (χ0v) is 19.2. The molecular weight excluding hydrogens is 467 g/mol. The average molecular weight is 489 g/mol. The molecule has 0 spiro atoms. The van der Waals surface area contributed by atoms with E-state index < -0.39 is 13.5 Å². The molecule has 0 saturated heterocycles. The summed E-state index contributed by atoms with van der Waals surface area (Å²) in [5.74, 6) is -0.737. The Hall–Kier alpha value is -2.36. The van der Waals surface area contributed by atoms with Crippen molar-refractivity contribution < 1.29 is 18.3 Å². The molecule has 6 nitrogen and oxygen atoms in total. The highest BCUT2D eigenvalue weighted by molar-refractivity contribution is 9.10. The summed E-state index contributed by atoms with van der Waals surface area (Å²) in [5, 5.41) is 9.91. The summed E-state index contributed by atoms with van der Waals surface area (Å²) in [4.78, 5) is 0. The van der Waals surface area contributed by atoms with Crippen LogP contribution in [0.1, 0.15) is 30.9 Å². The van der Waals surface area contributed by atoms with Gasteiger partial charge in [-0.1, -0.05) is 64.5 Å². The standard InChI is InChI=1S/C22H22BrN2O4P/c1-3-27-30(26,28-4-2)22-19(15-10-6-5-7-11-15)20(17(14-24)21(25)29-22)16-12-8-9-13-18(16)23/h5-13,20H,3-4,25H2,1-2H3. The number of halogens is 1. The van der Waals surface area contributed by atoms with Gasteiger partial charge in [0.1, 0.15) is 11.6 Å². The molecule has 2 N–H and O–H groups in total. The van der Waals surface area contributed by atoms with Gasteiger partial charge in [0.05, 0.1) is 19.1 Å². The first-order valence-electron chi connectivity index (χ1n) is 9.48. The monoisotopic (exact) mass is 488 g/mol. The molecule has 0 bridgehead atoms. The molecule has 1 aliphatic heterocycles. The van der Waals surface area contributed by atoms with Crippen LogP contribution in [-0.2, 0) is 18.3 Å². The van der Waals surface area contributed by atoms with Crippen LogP contribution in [0.4, 0.5) is 0 Å². The highest BCUT2D eigenvalue weighted by Gasteiger charge is 2.43. The van der Waals surface area contributed by atoms with Crippen molar-refractivity contribution in [2.45, 2.75) is 19.8 Å². The van der Waals surface area contributed by atoms with Crippen molar-refractivity contribution in [3.05, 3.63) is 87.2 Å². The Morgan fingerprint density at radius 2 is 1.70 bits per heavy atom. The lowest BCUT2D eigenvalue weighted by Crippen LogP contribution is -2.21. The van der Waals surface area contributed by atoms with Gasteiger partial charge in [0.15, 0.2) is 0 Å². The van der Waals surface area contributed by atoms with Crippen molar-refractivity contribution >= 4 is 29.1 Å². The first-order valence-corrected chi connectivity index (χ1v) is 11.8. The normalized spacial score (nSPS) is 16.9. The van der Waals surface area contributed by atoms with Gasteiger partial charge in [-0.05, 0) is 31.0 Å². The molecule has 1 unspecified atom stereocenters. The van der Waals surface area contributed by atoms with E-state index in [1.807, 2.05) is 54.6 Å². The van der Waals surface area contributed by atoms with Crippen molar-refractivity contribution in [3.8, 4) is 6.07 Å². The van der Waals surface area contributed by atoms with Gasteiger partial charge < -0.3 is 19.5 Å². The Balaban J connectivity index is 2.39. The summed E-state index contributed by atoms with van der Waals surface area (Å²) in [6.07, 6.45) is 0. The minimum atomic E-state index is -3.85. The molecule has 0 aromatic heterocycles. The molecule has 0 aliphatic carbocycles. The smallest absolute Gasteiger partial charge is 0.396 e. The molecule has 3 rings (SSSR count). The van der Waals surface area contributed by atoms with Crippen LogP contribution in [0.5, 0.6) is 0 Å². The fraction of sp³-hybridized carbons (Fsp3) is 0.227. The second-order valence-electron chi connectivity index (χ2n) is 6.36. The second kappa shape index (κ2) is 9.63. The van der Waals surface area contributed by atoms with Gasteiger partial charge in [0, 0.05) is 10.0 Å². The minimum absolute atomic E-state index is 0.00894. The Morgan fingerprint density at radius 1 is 1.10 bits per heavy atom. The van der Waals surface area contributed by atoms with Gasteiger partial charge in [-0.25, -0.2) is 0 Å². The maximum Gasteiger partial charge on any atom is 0.396 e. The largest absolute Gasteiger partial charge is 0.432 e. The van der Waals surface area contributed by atoms with Crippen LogP contribution in [0.3, 0.4) is 0 Å². The first-order chi connectivity index (χ1) is 14.5. The zero-order valence-electron chi connectivity index (χ0n) is 16.7. The van der Waals surface area contributed by atoms with Crippen LogP contribution in [0.15, 0.2) is 76.0 Å². The van der Waals surface area contributed by atoms with Gasteiger partial charge in [-0.3, -0.25) is 4.57 Å². The minimum Gasteiger partial charge on any atom is -0.432 e. The van der Waals surface area contributed by atoms with Crippen LogP contribution in [0.2, 0.25) is 0 Å². The van der Waals surface area contributed by atoms with Crippen molar-refractivity contribution in [1.29, 1.82) is 5.26 Å². The molecule has 1 aliphatic rings. The topological polar surface area (TPSA) is 94.6 Å². The fourth-order valence-electron chi connectivity index (χ4n) is 3.37. The summed E-state index contributed by atoms with van der Waals surface area (Å²) in [7, 11) is -3.85. The Labute approximate surface area is 184 Å². The lowest BCUT2D eigenvalue weighted by atomic mass is 9.81. The quantitative estimate of drug-likeness (QED) is 0.488. The summed E-state index contributed by atoms with van der Waals surface area (Å²) < 4.78 is 31.5. The highest BCUT2D eigenvalue weighted by Crippen LogP contribution is 2.63. The van der Waals surface area contributed by atoms with E-state index >= 15 is 0 Å². The summed E-state index contributed by atoms with van der Waals surface area (Å²) in [5.41, 5.74) is 8.42. The van der Waals surface area contributed by atoms with Crippen molar-refractivity contribution in [3.63, 3.8) is 0 Å². The maximum atomic E-state index is 13.8.